The lowest BCUT2D eigenvalue weighted by molar-refractivity contribution is -0.00143. The summed E-state index contributed by atoms with van der Waals surface area (Å²) in [6.07, 6.45) is 10.2. The van der Waals surface area contributed by atoms with Gasteiger partial charge < -0.3 is 24.8 Å². The van der Waals surface area contributed by atoms with Crippen LogP contribution < -0.4 is 15.9 Å². The van der Waals surface area contributed by atoms with Crippen LogP contribution in [0.3, 0.4) is 0 Å². The molecule has 1 amide bonds. The van der Waals surface area contributed by atoms with E-state index in [0.717, 1.165) is 31.6 Å². The average molecular weight is 653 g/mol. The standard InChI is InChI=1S/C30H38ClN10O3P/c1-30(2,3)44-29(42)40-12-10-39(11-13-40)20-14-21(15-20)41-18-19(16-35-41)36-28-34-17-22(31)27(38-28)37-24-7-6-23-25(33-9-8-32-23)26(24)45(4,5)43/h6-9,16-18,20-21H,10-15H2,1-5H3,(H2,34,36,37,38). The van der Waals surface area contributed by atoms with Gasteiger partial charge in [-0.15, -0.1) is 0 Å². The summed E-state index contributed by atoms with van der Waals surface area (Å²) < 4.78 is 20.8. The number of fused-ring (bicyclic) bond motifs is 1. The zero-order valence-corrected chi connectivity index (χ0v) is 27.7. The highest BCUT2D eigenvalue weighted by atomic mass is 35.5. The van der Waals surface area contributed by atoms with Gasteiger partial charge in [-0.2, -0.15) is 10.1 Å². The molecule has 1 aromatic carbocycles. The van der Waals surface area contributed by atoms with Crippen LogP contribution in [0.4, 0.5) is 27.9 Å². The molecule has 4 heterocycles. The molecule has 0 unspecified atom stereocenters. The first kappa shape index (κ1) is 31.2. The topological polar surface area (TPSA) is 143 Å². The highest BCUT2D eigenvalue weighted by molar-refractivity contribution is 7.71. The van der Waals surface area contributed by atoms with Crippen LogP contribution in [-0.2, 0) is 9.30 Å². The second kappa shape index (κ2) is 12.2. The summed E-state index contributed by atoms with van der Waals surface area (Å²) in [5.41, 5.74) is 2.11. The number of nitrogens with zero attached hydrogens (tertiary/aromatic N) is 8. The Morgan fingerprint density at radius 3 is 2.44 bits per heavy atom. The van der Waals surface area contributed by atoms with Crippen LogP contribution in [0.2, 0.25) is 5.02 Å². The number of halogens is 1. The Hall–Kier alpha value is -3.80. The van der Waals surface area contributed by atoms with Crippen LogP contribution in [0.1, 0.15) is 39.7 Å². The molecular weight excluding hydrogens is 615 g/mol. The van der Waals surface area contributed by atoms with Crippen molar-refractivity contribution in [1.82, 2.24) is 39.5 Å². The van der Waals surface area contributed by atoms with Crippen LogP contribution in [0.15, 0.2) is 43.1 Å². The van der Waals surface area contributed by atoms with Crippen LogP contribution in [-0.4, -0.2) is 96.8 Å². The minimum absolute atomic E-state index is 0.237. The molecule has 13 nitrogen and oxygen atoms in total. The van der Waals surface area contributed by atoms with Gasteiger partial charge in [0, 0.05) is 50.8 Å². The number of carbonyl (C=O) groups is 1. The largest absolute Gasteiger partial charge is 0.444 e. The van der Waals surface area contributed by atoms with Crippen molar-refractivity contribution in [3.63, 3.8) is 0 Å². The second-order valence-electron chi connectivity index (χ2n) is 12.9. The Morgan fingerprint density at radius 1 is 1.00 bits per heavy atom. The molecule has 238 valence electrons. The number of hydrogen-bond acceptors (Lipinski definition) is 11. The van der Waals surface area contributed by atoms with Gasteiger partial charge in [0.25, 0.3) is 0 Å². The maximum absolute atomic E-state index is 13.3. The Bertz CT molecular complexity index is 1760. The number of ether oxygens (including phenoxy) is 1. The van der Waals surface area contributed by atoms with Crippen LogP contribution in [0.5, 0.6) is 0 Å². The van der Waals surface area contributed by atoms with E-state index in [2.05, 4.69) is 40.6 Å². The molecular formula is C30H38ClN10O3P. The monoisotopic (exact) mass is 652 g/mol. The number of amides is 1. The van der Waals surface area contributed by atoms with E-state index >= 15 is 0 Å². The van der Waals surface area contributed by atoms with Crippen LogP contribution in [0.25, 0.3) is 11.0 Å². The quantitative estimate of drug-likeness (QED) is 0.252. The minimum atomic E-state index is -2.75. The number of anilines is 4. The van der Waals surface area contributed by atoms with Crippen molar-refractivity contribution >= 4 is 64.3 Å². The highest BCUT2D eigenvalue weighted by Gasteiger charge is 2.37. The third kappa shape index (κ3) is 7.05. The Kier molecular flexibility index (Phi) is 8.45. The van der Waals surface area contributed by atoms with Gasteiger partial charge >= 0.3 is 6.09 Å². The molecule has 0 spiro atoms. The van der Waals surface area contributed by atoms with Gasteiger partial charge in [0.05, 0.1) is 40.6 Å². The number of piperazine rings is 1. The fourth-order valence-electron chi connectivity index (χ4n) is 5.71. The lowest BCUT2D eigenvalue weighted by Gasteiger charge is -2.46. The zero-order chi connectivity index (χ0) is 31.9. The molecule has 1 saturated heterocycles. The number of benzene rings is 1. The Labute approximate surface area is 267 Å². The van der Waals surface area contributed by atoms with E-state index in [1.807, 2.05) is 43.8 Å². The molecule has 15 heteroatoms. The molecule has 2 N–H and O–H groups in total. The lowest BCUT2D eigenvalue weighted by Crippen LogP contribution is -2.55. The van der Waals surface area contributed by atoms with Gasteiger partial charge in [0.1, 0.15) is 23.3 Å². The summed E-state index contributed by atoms with van der Waals surface area (Å²) >= 11 is 6.47. The SMILES string of the molecule is CC(C)(C)OC(=O)N1CCN(C2CC(n3cc(Nc4ncc(Cl)c(Nc5ccc6nccnc6c5P(C)(C)=O)n4)cn3)C2)CC1. The van der Waals surface area contributed by atoms with Crippen molar-refractivity contribution in [2.75, 3.05) is 50.1 Å². The number of hydrogen-bond donors (Lipinski definition) is 2. The van der Waals surface area contributed by atoms with Gasteiger partial charge in [0.15, 0.2) is 5.82 Å². The highest BCUT2D eigenvalue weighted by Crippen LogP contribution is 2.41. The summed E-state index contributed by atoms with van der Waals surface area (Å²) in [5.74, 6) is 0.710. The van der Waals surface area contributed by atoms with Gasteiger partial charge in [0.2, 0.25) is 5.95 Å². The van der Waals surface area contributed by atoms with Crippen LogP contribution >= 0.6 is 18.7 Å². The predicted octanol–water partition coefficient (Wildman–Crippen LogP) is 5.26. The van der Waals surface area contributed by atoms with Gasteiger partial charge in [-0.3, -0.25) is 19.5 Å². The van der Waals surface area contributed by atoms with Crippen molar-refractivity contribution in [2.45, 2.75) is 51.3 Å². The van der Waals surface area contributed by atoms with Crippen molar-refractivity contribution in [3.05, 3.63) is 48.1 Å². The fraction of sp³-hybridized carbons (Fsp3) is 0.467. The first-order valence-electron chi connectivity index (χ1n) is 15.0. The number of carbonyl (C=O) groups excluding carboxylic acids is 1. The molecule has 4 aromatic rings. The third-order valence-electron chi connectivity index (χ3n) is 7.95. The Morgan fingerprint density at radius 2 is 1.73 bits per heavy atom. The molecule has 2 fully saturated rings. The summed E-state index contributed by atoms with van der Waals surface area (Å²) in [6, 6.07) is 4.40. The Balaban J connectivity index is 1.07. The summed E-state index contributed by atoms with van der Waals surface area (Å²) in [5, 5.41) is 11.9. The third-order valence-corrected chi connectivity index (χ3v) is 9.76. The molecule has 3 aromatic heterocycles. The van der Waals surface area contributed by atoms with E-state index in [1.54, 1.807) is 36.8 Å². The molecule has 1 aliphatic heterocycles. The lowest BCUT2D eigenvalue weighted by atomic mass is 9.85. The smallest absolute Gasteiger partial charge is 0.410 e. The molecule has 1 aliphatic carbocycles. The van der Waals surface area contributed by atoms with Crippen molar-refractivity contribution in [2.24, 2.45) is 0 Å². The van der Waals surface area contributed by atoms with Gasteiger partial charge in [-0.1, -0.05) is 11.6 Å². The van der Waals surface area contributed by atoms with E-state index in [0.29, 0.717) is 64.0 Å². The van der Waals surface area contributed by atoms with E-state index in [9.17, 15) is 9.36 Å². The number of aromatic nitrogens is 6. The average Bonchev–Trinajstić information content (AvgIpc) is 3.40. The molecule has 6 rings (SSSR count). The molecule has 1 saturated carbocycles. The van der Waals surface area contributed by atoms with Gasteiger partial charge in [-0.25, -0.2) is 9.78 Å². The second-order valence-corrected chi connectivity index (χ2v) is 16.4. The van der Waals surface area contributed by atoms with Crippen molar-refractivity contribution < 1.29 is 14.1 Å². The molecule has 0 atom stereocenters. The van der Waals surface area contributed by atoms with E-state index in [4.69, 9.17) is 16.3 Å². The molecule has 45 heavy (non-hydrogen) atoms. The number of nitrogens with one attached hydrogen (secondary N) is 2. The predicted molar refractivity (Wildman–Crippen MR) is 176 cm³/mol. The first-order chi connectivity index (χ1) is 21.3. The summed E-state index contributed by atoms with van der Waals surface area (Å²) in [7, 11) is -2.75. The van der Waals surface area contributed by atoms with Gasteiger partial charge in [-0.05, 0) is 59.1 Å². The van der Waals surface area contributed by atoms with Crippen molar-refractivity contribution in [1.29, 1.82) is 0 Å². The normalized spacial score (nSPS) is 19.3. The molecule has 0 bridgehead atoms. The maximum atomic E-state index is 13.3. The summed E-state index contributed by atoms with van der Waals surface area (Å²) in [6.45, 7) is 12.1. The fourth-order valence-corrected chi connectivity index (χ4v) is 7.24. The zero-order valence-electron chi connectivity index (χ0n) is 26.1. The first-order valence-corrected chi connectivity index (χ1v) is 17.9. The molecule has 0 radical (unpaired) electrons. The van der Waals surface area contributed by atoms with E-state index in [1.165, 1.54) is 6.20 Å². The maximum Gasteiger partial charge on any atom is 0.410 e. The number of rotatable bonds is 7. The van der Waals surface area contributed by atoms with Crippen LogP contribution in [0, 0.1) is 0 Å². The minimum Gasteiger partial charge on any atom is -0.444 e. The van der Waals surface area contributed by atoms with Crippen molar-refractivity contribution in [3.8, 4) is 0 Å². The molecule has 2 aliphatic rings. The van der Waals surface area contributed by atoms with E-state index in [-0.39, 0.29) is 6.09 Å². The summed E-state index contributed by atoms with van der Waals surface area (Å²) in [4.78, 5) is 34.4. The van der Waals surface area contributed by atoms with E-state index < -0.39 is 12.7 Å².